The predicted molar refractivity (Wildman–Crippen MR) is 54.7 cm³/mol. The zero-order chi connectivity index (χ0) is 11.5. The fraction of sp³-hybridized carbons (Fsp3) is 0.300. The molecule has 0 spiro atoms. The summed E-state index contributed by atoms with van der Waals surface area (Å²) < 4.78 is 0. The lowest BCUT2D eigenvalue weighted by Gasteiger charge is -2.13. The van der Waals surface area contributed by atoms with Gasteiger partial charge in [0.2, 0.25) is 0 Å². The molecule has 2 rings (SSSR count). The van der Waals surface area contributed by atoms with Gasteiger partial charge in [-0.3, -0.25) is 19.7 Å². The summed E-state index contributed by atoms with van der Waals surface area (Å²) in [7, 11) is 0. The topological polar surface area (TPSA) is 72.7 Å². The molecule has 1 saturated heterocycles. The van der Waals surface area contributed by atoms with Crippen LogP contribution in [0.15, 0.2) is 24.3 Å². The maximum absolute atomic E-state index is 11.8. The third kappa shape index (κ3) is 2.01. The van der Waals surface area contributed by atoms with E-state index in [0.29, 0.717) is 13.2 Å². The summed E-state index contributed by atoms with van der Waals surface area (Å²) in [6.07, 6.45) is 0.792. The van der Waals surface area contributed by atoms with Crippen LogP contribution in [-0.4, -0.2) is 29.0 Å². The highest BCUT2D eigenvalue weighted by molar-refractivity contribution is 5.94. The molecule has 6 nitrogen and oxygen atoms in total. The van der Waals surface area contributed by atoms with Gasteiger partial charge in [0, 0.05) is 17.7 Å². The Morgan fingerprint density at radius 3 is 2.94 bits per heavy atom. The van der Waals surface area contributed by atoms with Crippen molar-refractivity contribution in [3.05, 3.63) is 39.9 Å². The molecule has 16 heavy (non-hydrogen) atoms. The quantitative estimate of drug-likeness (QED) is 0.559. The van der Waals surface area contributed by atoms with Crippen molar-refractivity contribution in [1.82, 2.24) is 5.06 Å². The van der Waals surface area contributed by atoms with Crippen molar-refractivity contribution in [2.24, 2.45) is 0 Å². The van der Waals surface area contributed by atoms with Gasteiger partial charge in [-0.15, -0.1) is 0 Å². The first-order valence-corrected chi connectivity index (χ1v) is 4.88. The summed E-state index contributed by atoms with van der Waals surface area (Å²) in [4.78, 5) is 26.9. The van der Waals surface area contributed by atoms with Gasteiger partial charge < -0.3 is 0 Å². The Kier molecular flexibility index (Phi) is 2.82. The van der Waals surface area contributed by atoms with E-state index in [0.717, 1.165) is 6.42 Å². The number of hydroxylamine groups is 2. The van der Waals surface area contributed by atoms with Gasteiger partial charge in [-0.05, 0) is 12.5 Å². The highest BCUT2D eigenvalue weighted by atomic mass is 16.7. The third-order valence-electron chi connectivity index (χ3n) is 2.28. The molecule has 0 bridgehead atoms. The van der Waals surface area contributed by atoms with Crippen LogP contribution in [0.4, 0.5) is 5.69 Å². The molecule has 1 aliphatic heterocycles. The number of hydrogen-bond acceptors (Lipinski definition) is 4. The fourth-order valence-corrected chi connectivity index (χ4v) is 1.50. The first-order chi connectivity index (χ1) is 7.68. The van der Waals surface area contributed by atoms with Crippen molar-refractivity contribution in [3.63, 3.8) is 0 Å². The molecule has 6 heteroatoms. The highest BCUT2D eigenvalue weighted by Crippen LogP contribution is 2.16. The number of hydrogen-bond donors (Lipinski definition) is 0. The van der Waals surface area contributed by atoms with E-state index in [9.17, 15) is 14.9 Å². The number of amides is 1. The van der Waals surface area contributed by atoms with Crippen molar-refractivity contribution >= 4 is 11.6 Å². The van der Waals surface area contributed by atoms with Crippen LogP contribution in [0.5, 0.6) is 0 Å². The maximum Gasteiger partial charge on any atom is 0.277 e. The lowest BCUT2D eigenvalue weighted by Crippen LogP contribution is -2.26. The lowest BCUT2D eigenvalue weighted by atomic mass is 10.2. The van der Waals surface area contributed by atoms with Gasteiger partial charge in [-0.25, -0.2) is 5.06 Å². The lowest BCUT2D eigenvalue weighted by molar-refractivity contribution is -0.384. The third-order valence-corrected chi connectivity index (χ3v) is 2.28. The van der Waals surface area contributed by atoms with Crippen LogP contribution in [0, 0.1) is 10.1 Å². The number of benzene rings is 1. The van der Waals surface area contributed by atoms with Crippen LogP contribution in [0.3, 0.4) is 0 Å². The molecule has 84 valence electrons. The molecular formula is C10H10N2O4. The molecule has 0 atom stereocenters. The van der Waals surface area contributed by atoms with Gasteiger partial charge in [0.25, 0.3) is 11.6 Å². The molecule has 0 aromatic heterocycles. The van der Waals surface area contributed by atoms with E-state index < -0.39 is 4.92 Å². The largest absolute Gasteiger partial charge is 0.277 e. The van der Waals surface area contributed by atoms with Crippen LogP contribution in [0.1, 0.15) is 16.8 Å². The predicted octanol–water partition coefficient (Wildman–Crippen LogP) is 1.37. The first-order valence-electron chi connectivity index (χ1n) is 4.88. The first kappa shape index (κ1) is 10.6. The normalized spacial score (nSPS) is 15.1. The number of non-ortho nitro benzene ring substituents is 1. The van der Waals surface area contributed by atoms with Crippen molar-refractivity contribution in [3.8, 4) is 0 Å². The Bertz CT molecular complexity index is 427. The minimum Gasteiger partial charge on any atom is -0.271 e. The number of rotatable bonds is 2. The van der Waals surface area contributed by atoms with Gasteiger partial charge in [0.1, 0.15) is 0 Å². The molecule has 1 aromatic carbocycles. The van der Waals surface area contributed by atoms with E-state index in [1.165, 1.54) is 29.3 Å². The Morgan fingerprint density at radius 2 is 2.31 bits per heavy atom. The maximum atomic E-state index is 11.8. The van der Waals surface area contributed by atoms with E-state index in [1.54, 1.807) is 0 Å². The number of nitro benzene ring substituents is 1. The summed E-state index contributed by atoms with van der Waals surface area (Å²) in [5, 5.41) is 11.8. The van der Waals surface area contributed by atoms with Crippen LogP contribution in [0.2, 0.25) is 0 Å². The standard InChI is InChI=1S/C10H10N2O4/c13-10(11-5-2-6-16-11)8-3-1-4-9(7-8)12(14)15/h1,3-4,7H,2,5-6H2. The van der Waals surface area contributed by atoms with Crippen molar-refractivity contribution < 1.29 is 14.6 Å². The average Bonchev–Trinajstić information content (AvgIpc) is 2.81. The van der Waals surface area contributed by atoms with Crippen molar-refractivity contribution in [2.45, 2.75) is 6.42 Å². The van der Waals surface area contributed by atoms with E-state index >= 15 is 0 Å². The van der Waals surface area contributed by atoms with E-state index in [-0.39, 0.29) is 17.2 Å². The Morgan fingerprint density at radius 1 is 1.50 bits per heavy atom. The highest BCUT2D eigenvalue weighted by Gasteiger charge is 2.22. The average molecular weight is 222 g/mol. The molecule has 0 N–H and O–H groups in total. The van der Waals surface area contributed by atoms with Crippen LogP contribution in [-0.2, 0) is 4.84 Å². The van der Waals surface area contributed by atoms with Crippen LogP contribution in [0.25, 0.3) is 0 Å². The van der Waals surface area contributed by atoms with E-state index in [4.69, 9.17) is 4.84 Å². The minimum atomic E-state index is -0.526. The molecule has 0 radical (unpaired) electrons. The second kappa shape index (κ2) is 4.28. The van der Waals surface area contributed by atoms with Gasteiger partial charge in [-0.2, -0.15) is 0 Å². The van der Waals surface area contributed by atoms with Gasteiger partial charge in [0.05, 0.1) is 18.1 Å². The number of carbonyl (C=O) groups excluding carboxylic acids is 1. The van der Waals surface area contributed by atoms with Crippen LogP contribution < -0.4 is 0 Å². The Labute approximate surface area is 91.5 Å². The number of nitro groups is 1. The van der Waals surface area contributed by atoms with Gasteiger partial charge >= 0.3 is 0 Å². The minimum absolute atomic E-state index is 0.0925. The smallest absolute Gasteiger partial charge is 0.271 e. The molecule has 0 saturated carbocycles. The molecule has 0 unspecified atom stereocenters. The summed E-state index contributed by atoms with van der Waals surface area (Å²) >= 11 is 0. The Balaban J connectivity index is 2.22. The zero-order valence-corrected chi connectivity index (χ0v) is 8.46. The molecular weight excluding hydrogens is 212 g/mol. The molecule has 1 amide bonds. The van der Waals surface area contributed by atoms with E-state index in [2.05, 4.69) is 0 Å². The summed E-state index contributed by atoms with van der Waals surface area (Å²) in [6, 6.07) is 5.63. The molecule has 1 fully saturated rings. The van der Waals surface area contributed by atoms with Crippen molar-refractivity contribution in [1.29, 1.82) is 0 Å². The summed E-state index contributed by atoms with van der Waals surface area (Å²) in [5.74, 6) is -0.332. The monoisotopic (exact) mass is 222 g/mol. The molecule has 0 aliphatic carbocycles. The number of nitrogens with zero attached hydrogens (tertiary/aromatic N) is 2. The second-order valence-corrected chi connectivity index (χ2v) is 3.40. The van der Waals surface area contributed by atoms with Crippen molar-refractivity contribution in [2.75, 3.05) is 13.2 Å². The summed E-state index contributed by atoms with van der Waals surface area (Å²) in [6.45, 7) is 1.04. The molecule has 1 aromatic rings. The van der Waals surface area contributed by atoms with Gasteiger partial charge in [0.15, 0.2) is 0 Å². The summed E-state index contributed by atoms with van der Waals surface area (Å²) in [5.41, 5.74) is 0.182. The van der Waals surface area contributed by atoms with Crippen LogP contribution >= 0.6 is 0 Å². The van der Waals surface area contributed by atoms with Gasteiger partial charge in [-0.1, -0.05) is 6.07 Å². The van der Waals surface area contributed by atoms with E-state index in [1.807, 2.05) is 0 Å². The second-order valence-electron chi connectivity index (χ2n) is 3.40. The number of carbonyl (C=O) groups is 1. The Hall–Kier alpha value is -1.95. The fourth-order valence-electron chi connectivity index (χ4n) is 1.50. The molecule has 1 heterocycles. The molecule has 1 aliphatic rings. The zero-order valence-electron chi connectivity index (χ0n) is 8.46. The SMILES string of the molecule is O=C(c1cccc([N+](=O)[O-])c1)N1CCCO1.